The fourth-order valence-corrected chi connectivity index (χ4v) is 6.03. The van der Waals surface area contributed by atoms with E-state index in [9.17, 15) is 35.5 Å². The van der Waals surface area contributed by atoms with E-state index in [1.165, 1.54) is 18.2 Å². The Kier molecular flexibility index (Phi) is 5.87. The predicted octanol–water partition coefficient (Wildman–Crippen LogP) is 6.57. The zero-order valence-electron chi connectivity index (χ0n) is 19.5. The molecule has 39 heavy (non-hydrogen) atoms. The van der Waals surface area contributed by atoms with Crippen LogP contribution < -0.4 is 5.32 Å². The average molecular weight is 597 g/mol. The smallest absolute Gasteiger partial charge is 0.386 e. The number of nitrogens with one attached hydrogen (secondary N) is 1. The molecule has 5 nitrogen and oxygen atoms in total. The molecule has 1 saturated heterocycles. The minimum atomic E-state index is -4.99. The van der Waals surface area contributed by atoms with E-state index in [4.69, 9.17) is 32.8 Å². The number of carbonyl (C=O) groups is 1. The number of rotatable bonds is 4. The normalized spacial score (nSPS) is 26.6. The van der Waals surface area contributed by atoms with Crippen LogP contribution in [-0.4, -0.2) is 36.9 Å². The van der Waals surface area contributed by atoms with Gasteiger partial charge in [0.2, 0.25) is 0 Å². The summed E-state index contributed by atoms with van der Waals surface area (Å²) in [5.41, 5.74) is -4.53. The van der Waals surface area contributed by atoms with Crippen molar-refractivity contribution in [3.05, 3.63) is 68.4 Å². The van der Waals surface area contributed by atoms with Gasteiger partial charge in [-0.1, -0.05) is 40.5 Å². The van der Waals surface area contributed by atoms with Crippen molar-refractivity contribution in [2.45, 2.75) is 43.0 Å². The molecule has 4 aliphatic rings. The highest BCUT2D eigenvalue weighted by molar-refractivity contribution is 6.34. The quantitative estimate of drug-likeness (QED) is 0.320. The third-order valence-electron chi connectivity index (χ3n) is 7.83. The van der Waals surface area contributed by atoms with Crippen molar-refractivity contribution < 1.29 is 45.1 Å². The van der Waals surface area contributed by atoms with Gasteiger partial charge in [0.15, 0.2) is 11.9 Å². The SMILES string of the molecule is O=C(C1OC2(CNC2)c2ccc(C3=NOC(c4cc(Cl)cc(Cl)c4F)C3C(F)(F)F)cc21)C1(C(F)(F)F)CC1. The molecule has 3 heterocycles. The molecule has 3 atom stereocenters. The van der Waals surface area contributed by atoms with Crippen molar-refractivity contribution in [3.63, 3.8) is 0 Å². The van der Waals surface area contributed by atoms with Gasteiger partial charge in [-0.25, -0.2) is 4.39 Å². The molecule has 0 aromatic heterocycles. The number of halogens is 9. The van der Waals surface area contributed by atoms with E-state index in [2.05, 4.69) is 10.5 Å². The fourth-order valence-electron chi connectivity index (χ4n) is 5.53. The lowest BCUT2D eigenvalue weighted by molar-refractivity contribution is -0.202. The largest absolute Gasteiger partial charge is 0.401 e. The van der Waals surface area contributed by atoms with Crippen LogP contribution in [0.3, 0.4) is 0 Å². The molecule has 3 unspecified atom stereocenters. The maximum absolute atomic E-state index is 14.7. The summed E-state index contributed by atoms with van der Waals surface area (Å²) < 4.78 is 105. The number of nitrogens with zero attached hydrogens (tertiary/aromatic N) is 1. The number of oxime groups is 1. The molecule has 1 spiro atoms. The molecular formula is C25H17Cl2F7N2O3. The van der Waals surface area contributed by atoms with Crippen LogP contribution in [-0.2, 0) is 20.0 Å². The van der Waals surface area contributed by atoms with E-state index in [1.807, 2.05) is 0 Å². The number of fused-ring (bicyclic) bond motifs is 2. The molecule has 14 heteroatoms. The Balaban J connectivity index is 1.41. The lowest BCUT2D eigenvalue weighted by atomic mass is 9.82. The third kappa shape index (κ3) is 3.97. The highest BCUT2D eigenvalue weighted by Crippen LogP contribution is 2.62. The van der Waals surface area contributed by atoms with Crippen LogP contribution in [0.15, 0.2) is 35.5 Å². The zero-order chi connectivity index (χ0) is 28.1. The number of Topliss-reactive ketones (excluding diaryl/α,β-unsaturated/α-hetero) is 1. The fraction of sp³-hybridized carbons (Fsp3) is 0.440. The summed E-state index contributed by atoms with van der Waals surface area (Å²) in [6, 6.07) is 5.89. The van der Waals surface area contributed by atoms with E-state index in [-0.39, 0.29) is 42.1 Å². The lowest BCUT2D eigenvalue weighted by Crippen LogP contribution is -2.57. The van der Waals surface area contributed by atoms with Crippen molar-refractivity contribution in [2.75, 3.05) is 13.1 Å². The Morgan fingerprint density at radius 2 is 1.72 bits per heavy atom. The highest BCUT2D eigenvalue weighted by atomic mass is 35.5. The van der Waals surface area contributed by atoms with Gasteiger partial charge >= 0.3 is 12.4 Å². The van der Waals surface area contributed by atoms with Crippen LogP contribution in [0.5, 0.6) is 0 Å². The first kappa shape index (κ1) is 26.8. The van der Waals surface area contributed by atoms with Crippen LogP contribution in [0.1, 0.15) is 47.3 Å². The number of benzene rings is 2. The molecular weight excluding hydrogens is 580 g/mol. The van der Waals surface area contributed by atoms with E-state index in [0.29, 0.717) is 5.56 Å². The number of carbonyl (C=O) groups excluding carboxylic acids is 1. The molecule has 1 saturated carbocycles. The molecule has 2 aromatic carbocycles. The number of alkyl halides is 6. The summed E-state index contributed by atoms with van der Waals surface area (Å²) in [7, 11) is 0. The Bertz CT molecular complexity index is 1420. The van der Waals surface area contributed by atoms with E-state index < -0.39 is 69.4 Å². The van der Waals surface area contributed by atoms with Gasteiger partial charge in [0.25, 0.3) is 0 Å². The van der Waals surface area contributed by atoms with Crippen molar-refractivity contribution in [3.8, 4) is 0 Å². The van der Waals surface area contributed by atoms with Gasteiger partial charge in [0.1, 0.15) is 34.6 Å². The molecule has 0 amide bonds. The second kappa shape index (κ2) is 8.55. The molecule has 0 radical (unpaired) electrons. The Hall–Kier alpha value is -2.41. The van der Waals surface area contributed by atoms with Crippen molar-refractivity contribution in [1.29, 1.82) is 0 Å². The Labute approximate surface area is 226 Å². The highest BCUT2D eigenvalue weighted by Gasteiger charge is 2.70. The van der Waals surface area contributed by atoms with Crippen molar-refractivity contribution in [1.82, 2.24) is 5.32 Å². The molecule has 1 N–H and O–H groups in total. The van der Waals surface area contributed by atoms with Gasteiger partial charge < -0.3 is 14.9 Å². The summed E-state index contributed by atoms with van der Waals surface area (Å²) in [5, 5.41) is 5.93. The van der Waals surface area contributed by atoms with Crippen LogP contribution in [0, 0.1) is 17.2 Å². The summed E-state index contributed by atoms with van der Waals surface area (Å²) in [6.45, 7) is 0.433. The average Bonchev–Trinajstić information content (AvgIpc) is 3.40. The zero-order valence-corrected chi connectivity index (χ0v) is 21.0. The van der Waals surface area contributed by atoms with E-state index in [0.717, 1.165) is 12.1 Å². The number of ether oxygens (including phenoxy) is 1. The number of hydrogen-bond donors (Lipinski definition) is 1. The monoisotopic (exact) mass is 596 g/mol. The molecule has 3 aliphatic heterocycles. The molecule has 208 valence electrons. The molecule has 1 aliphatic carbocycles. The lowest BCUT2D eigenvalue weighted by Gasteiger charge is -2.39. The van der Waals surface area contributed by atoms with Crippen LogP contribution in [0.2, 0.25) is 10.0 Å². The van der Waals surface area contributed by atoms with Crippen LogP contribution >= 0.6 is 23.2 Å². The standard InChI is InChI=1S/C25H17Cl2F7N2O3/c26-11-6-13(17(28)15(27)7-11)19-16(24(29,30)31)18(36-39-19)10-1-2-14-12(5-10)20(38-23(14)8-35-9-23)21(37)22(3-4-22)25(32,33)34/h1-2,5-7,16,19-20,35H,3-4,8-9H2. The topological polar surface area (TPSA) is 59.9 Å². The summed E-state index contributed by atoms with van der Waals surface area (Å²) in [6.07, 6.45) is -14.2. The first-order valence-electron chi connectivity index (χ1n) is 11.8. The van der Waals surface area contributed by atoms with Gasteiger partial charge in [-0.05, 0) is 42.2 Å². The second-order valence-electron chi connectivity index (χ2n) is 10.2. The summed E-state index contributed by atoms with van der Waals surface area (Å²) >= 11 is 11.7. The third-order valence-corrected chi connectivity index (χ3v) is 8.32. The van der Waals surface area contributed by atoms with Gasteiger partial charge in [0, 0.05) is 29.2 Å². The molecule has 2 fully saturated rings. The van der Waals surface area contributed by atoms with Crippen LogP contribution in [0.25, 0.3) is 0 Å². The Morgan fingerprint density at radius 1 is 1.03 bits per heavy atom. The maximum atomic E-state index is 14.7. The molecule has 6 rings (SSSR count). The molecule has 0 bridgehead atoms. The van der Waals surface area contributed by atoms with E-state index >= 15 is 0 Å². The van der Waals surface area contributed by atoms with Gasteiger partial charge in [-0.15, -0.1) is 0 Å². The number of hydrogen-bond acceptors (Lipinski definition) is 5. The maximum Gasteiger partial charge on any atom is 0.401 e. The van der Waals surface area contributed by atoms with Crippen LogP contribution in [0.4, 0.5) is 30.7 Å². The minimum Gasteiger partial charge on any atom is -0.386 e. The first-order chi connectivity index (χ1) is 18.2. The summed E-state index contributed by atoms with van der Waals surface area (Å²) in [5.74, 6) is -4.81. The number of ketones is 1. The van der Waals surface area contributed by atoms with Gasteiger partial charge in [-0.2, -0.15) is 26.3 Å². The van der Waals surface area contributed by atoms with Gasteiger partial charge in [-0.3, -0.25) is 4.79 Å². The van der Waals surface area contributed by atoms with Gasteiger partial charge in [0.05, 0.1) is 5.02 Å². The summed E-state index contributed by atoms with van der Waals surface area (Å²) in [4.78, 5) is 18.3. The first-order valence-corrected chi connectivity index (χ1v) is 12.5. The minimum absolute atomic E-state index is 0.0404. The van der Waals surface area contributed by atoms with Crippen molar-refractivity contribution >= 4 is 34.7 Å². The van der Waals surface area contributed by atoms with E-state index in [1.54, 1.807) is 0 Å². The van der Waals surface area contributed by atoms with Crippen molar-refractivity contribution in [2.24, 2.45) is 16.5 Å². The Morgan fingerprint density at radius 3 is 2.28 bits per heavy atom. The predicted molar refractivity (Wildman–Crippen MR) is 124 cm³/mol. The second-order valence-corrected chi connectivity index (χ2v) is 11.0. The molecule has 2 aromatic rings.